The third-order valence-electron chi connectivity index (χ3n) is 2.77. The van der Waals surface area contributed by atoms with Gasteiger partial charge in [0.15, 0.2) is 0 Å². The van der Waals surface area contributed by atoms with E-state index < -0.39 is 0 Å². The fraction of sp³-hybridized carbons (Fsp3) is 0.333. The lowest BCUT2D eigenvalue weighted by molar-refractivity contribution is 0.195. The third-order valence-corrected chi connectivity index (χ3v) is 2.77. The van der Waals surface area contributed by atoms with Crippen molar-refractivity contribution in [3.05, 3.63) is 30.7 Å². The number of ether oxygens (including phenoxy) is 1. The van der Waals surface area contributed by atoms with Crippen molar-refractivity contribution in [2.45, 2.75) is 12.5 Å². The summed E-state index contributed by atoms with van der Waals surface area (Å²) in [6, 6.07) is 8.35. The number of hydrogen-bond donors (Lipinski definition) is 1. The summed E-state index contributed by atoms with van der Waals surface area (Å²) in [4.78, 5) is 0. The molecule has 1 aromatic carbocycles. The van der Waals surface area contributed by atoms with E-state index in [-0.39, 0.29) is 0 Å². The Morgan fingerprint density at radius 2 is 2.35 bits per heavy atom. The van der Waals surface area contributed by atoms with Gasteiger partial charge < -0.3 is 14.5 Å². The lowest BCUT2D eigenvalue weighted by Crippen LogP contribution is -2.18. The minimum atomic E-state index is 0.396. The van der Waals surface area contributed by atoms with Gasteiger partial charge in [-0.1, -0.05) is 6.07 Å². The SMILES string of the molecule is c1cc(NC2CCOC2)cc(-c2nnco2)c1. The molecule has 1 aromatic heterocycles. The summed E-state index contributed by atoms with van der Waals surface area (Å²) in [7, 11) is 0. The smallest absolute Gasteiger partial charge is 0.247 e. The number of rotatable bonds is 3. The molecule has 5 heteroatoms. The van der Waals surface area contributed by atoms with E-state index in [9.17, 15) is 0 Å². The molecule has 2 aromatic rings. The van der Waals surface area contributed by atoms with Crippen molar-refractivity contribution in [1.82, 2.24) is 10.2 Å². The zero-order valence-corrected chi connectivity index (χ0v) is 9.30. The molecule has 0 radical (unpaired) electrons. The Labute approximate surface area is 98.8 Å². The van der Waals surface area contributed by atoms with Crippen LogP contribution in [0.3, 0.4) is 0 Å². The lowest BCUT2D eigenvalue weighted by atomic mass is 10.1. The Hall–Kier alpha value is -1.88. The van der Waals surface area contributed by atoms with E-state index in [0.29, 0.717) is 11.9 Å². The Morgan fingerprint density at radius 1 is 1.35 bits per heavy atom. The molecular formula is C12H13N3O2. The first-order valence-corrected chi connectivity index (χ1v) is 5.63. The van der Waals surface area contributed by atoms with Crippen LogP contribution in [-0.2, 0) is 4.74 Å². The van der Waals surface area contributed by atoms with Crippen LogP contribution in [0.15, 0.2) is 35.1 Å². The minimum Gasteiger partial charge on any atom is -0.423 e. The predicted molar refractivity (Wildman–Crippen MR) is 62.6 cm³/mol. The van der Waals surface area contributed by atoms with Crippen molar-refractivity contribution in [3.8, 4) is 11.5 Å². The van der Waals surface area contributed by atoms with Gasteiger partial charge in [0, 0.05) is 17.9 Å². The molecule has 1 N–H and O–H groups in total. The van der Waals surface area contributed by atoms with Crippen LogP contribution in [0.1, 0.15) is 6.42 Å². The second kappa shape index (κ2) is 4.55. The average molecular weight is 231 g/mol. The van der Waals surface area contributed by atoms with E-state index in [1.54, 1.807) is 0 Å². The van der Waals surface area contributed by atoms with Gasteiger partial charge in [-0.3, -0.25) is 0 Å². The van der Waals surface area contributed by atoms with Crippen molar-refractivity contribution in [2.75, 3.05) is 18.5 Å². The predicted octanol–water partition coefficient (Wildman–Crippen LogP) is 1.94. The summed E-state index contributed by atoms with van der Waals surface area (Å²) in [6.07, 6.45) is 2.38. The molecule has 2 heterocycles. The van der Waals surface area contributed by atoms with E-state index in [1.807, 2.05) is 24.3 Å². The van der Waals surface area contributed by atoms with Gasteiger partial charge in [-0.05, 0) is 24.6 Å². The van der Waals surface area contributed by atoms with E-state index in [4.69, 9.17) is 9.15 Å². The quantitative estimate of drug-likeness (QED) is 0.874. The van der Waals surface area contributed by atoms with Crippen LogP contribution in [0, 0.1) is 0 Å². The van der Waals surface area contributed by atoms with Gasteiger partial charge in [0.05, 0.1) is 12.6 Å². The van der Waals surface area contributed by atoms with E-state index in [1.165, 1.54) is 6.39 Å². The monoisotopic (exact) mass is 231 g/mol. The van der Waals surface area contributed by atoms with E-state index in [2.05, 4.69) is 15.5 Å². The summed E-state index contributed by atoms with van der Waals surface area (Å²) < 4.78 is 10.5. The highest BCUT2D eigenvalue weighted by atomic mass is 16.5. The van der Waals surface area contributed by atoms with Crippen molar-refractivity contribution in [1.29, 1.82) is 0 Å². The zero-order valence-electron chi connectivity index (χ0n) is 9.30. The van der Waals surface area contributed by atoms with Crippen molar-refractivity contribution < 1.29 is 9.15 Å². The van der Waals surface area contributed by atoms with Gasteiger partial charge in [0.1, 0.15) is 0 Å². The number of anilines is 1. The largest absolute Gasteiger partial charge is 0.423 e. The molecule has 1 saturated heterocycles. The molecule has 0 saturated carbocycles. The standard InChI is InChI=1S/C12H13N3O2/c1-2-9(12-15-13-8-17-12)6-10(3-1)14-11-4-5-16-7-11/h1-3,6,8,11,14H,4-5,7H2. The highest BCUT2D eigenvalue weighted by molar-refractivity contribution is 5.61. The number of hydrogen-bond acceptors (Lipinski definition) is 5. The van der Waals surface area contributed by atoms with Crippen molar-refractivity contribution in [2.24, 2.45) is 0 Å². The lowest BCUT2D eigenvalue weighted by Gasteiger charge is -2.12. The maximum Gasteiger partial charge on any atom is 0.247 e. The number of nitrogens with zero attached hydrogens (tertiary/aromatic N) is 2. The van der Waals surface area contributed by atoms with Gasteiger partial charge in [-0.2, -0.15) is 0 Å². The summed E-state index contributed by atoms with van der Waals surface area (Å²) in [6.45, 7) is 1.60. The van der Waals surface area contributed by atoms with Gasteiger partial charge in [0.2, 0.25) is 12.3 Å². The minimum absolute atomic E-state index is 0.396. The Balaban J connectivity index is 1.79. The molecule has 1 unspecified atom stereocenters. The van der Waals surface area contributed by atoms with E-state index >= 15 is 0 Å². The van der Waals surface area contributed by atoms with Crippen molar-refractivity contribution >= 4 is 5.69 Å². The number of benzene rings is 1. The number of nitrogens with one attached hydrogen (secondary N) is 1. The second-order valence-corrected chi connectivity index (χ2v) is 4.03. The van der Waals surface area contributed by atoms with Crippen LogP contribution in [0.2, 0.25) is 0 Å². The molecule has 0 bridgehead atoms. The fourth-order valence-electron chi connectivity index (χ4n) is 1.92. The molecular weight excluding hydrogens is 218 g/mol. The van der Waals surface area contributed by atoms with Crippen LogP contribution in [-0.4, -0.2) is 29.5 Å². The van der Waals surface area contributed by atoms with Crippen LogP contribution >= 0.6 is 0 Å². The van der Waals surface area contributed by atoms with Crippen molar-refractivity contribution in [3.63, 3.8) is 0 Å². The second-order valence-electron chi connectivity index (χ2n) is 4.03. The maximum absolute atomic E-state index is 5.33. The Bertz CT molecular complexity index is 478. The summed E-state index contributed by atoms with van der Waals surface area (Å²) in [5, 5.41) is 11.0. The van der Waals surface area contributed by atoms with Crippen LogP contribution in [0.25, 0.3) is 11.5 Å². The first kappa shape index (κ1) is 10.3. The highest BCUT2D eigenvalue weighted by Gasteiger charge is 2.15. The summed E-state index contributed by atoms with van der Waals surface area (Å²) in [5.74, 6) is 0.538. The number of aromatic nitrogens is 2. The molecule has 17 heavy (non-hydrogen) atoms. The maximum atomic E-state index is 5.33. The van der Waals surface area contributed by atoms with Crippen LogP contribution in [0.5, 0.6) is 0 Å². The van der Waals surface area contributed by atoms with Crippen LogP contribution < -0.4 is 5.32 Å². The zero-order chi connectivity index (χ0) is 11.5. The summed E-state index contributed by atoms with van der Waals surface area (Å²) >= 11 is 0. The fourth-order valence-corrected chi connectivity index (χ4v) is 1.92. The first-order chi connectivity index (χ1) is 8.42. The molecule has 0 spiro atoms. The Kier molecular flexibility index (Phi) is 2.75. The molecule has 1 atom stereocenters. The molecule has 88 valence electrons. The molecule has 1 aliphatic rings. The van der Waals surface area contributed by atoms with Gasteiger partial charge in [-0.25, -0.2) is 0 Å². The first-order valence-electron chi connectivity index (χ1n) is 5.63. The normalized spacial score (nSPS) is 19.4. The summed E-state index contributed by atoms with van der Waals surface area (Å²) in [5.41, 5.74) is 1.97. The molecule has 0 aliphatic carbocycles. The molecule has 3 rings (SSSR count). The van der Waals surface area contributed by atoms with Crippen LogP contribution in [0.4, 0.5) is 5.69 Å². The topological polar surface area (TPSA) is 60.2 Å². The Morgan fingerprint density at radius 3 is 3.12 bits per heavy atom. The van der Waals surface area contributed by atoms with E-state index in [0.717, 1.165) is 30.9 Å². The average Bonchev–Trinajstić information content (AvgIpc) is 3.01. The molecule has 1 fully saturated rings. The van der Waals surface area contributed by atoms with Gasteiger partial charge in [-0.15, -0.1) is 10.2 Å². The van der Waals surface area contributed by atoms with Gasteiger partial charge >= 0.3 is 0 Å². The molecule has 1 aliphatic heterocycles. The van der Waals surface area contributed by atoms with Gasteiger partial charge in [0.25, 0.3) is 0 Å². The third kappa shape index (κ3) is 2.29. The highest BCUT2D eigenvalue weighted by Crippen LogP contribution is 2.21. The molecule has 0 amide bonds. The molecule has 5 nitrogen and oxygen atoms in total.